The van der Waals surface area contributed by atoms with Crippen LogP contribution in [0.2, 0.25) is 0 Å². The maximum Gasteiger partial charge on any atom is 0.307 e. The summed E-state index contributed by atoms with van der Waals surface area (Å²) in [7, 11) is 0. The standard InChI is InChI=1S/C25H29FN2O3/c1-25(2,3)31-22(29)10-14-28-12-8-17(9-13-28)23-20-7-6-19(26)15-21(20)30-16-18-5-4-11-27-24(18)23/h4-7,11,15H,8-10,12-14,16H2,1-3H3. The van der Waals surface area contributed by atoms with Crippen LogP contribution in [0.15, 0.2) is 42.1 Å². The van der Waals surface area contributed by atoms with Crippen molar-refractivity contribution in [3.05, 3.63) is 64.7 Å². The van der Waals surface area contributed by atoms with Gasteiger partial charge in [0.2, 0.25) is 0 Å². The highest BCUT2D eigenvalue weighted by molar-refractivity contribution is 5.85. The van der Waals surface area contributed by atoms with Crippen molar-refractivity contribution in [1.29, 1.82) is 0 Å². The fourth-order valence-corrected chi connectivity index (χ4v) is 4.18. The molecule has 0 radical (unpaired) electrons. The zero-order chi connectivity index (χ0) is 22.0. The Morgan fingerprint density at radius 3 is 2.74 bits per heavy atom. The van der Waals surface area contributed by atoms with Crippen LogP contribution in [0.25, 0.3) is 5.57 Å². The van der Waals surface area contributed by atoms with Crippen LogP contribution in [0.1, 0.15) is 56.9 Å². The average Bonchev–Trinajstić information content (AvgIpc) is 2.88. The molecule has 1 fully saturated rings. The third-order valence-electron chi connectivity index (χ3n) is 5.59. The summed E-state index contributed by atoms with van der Waals surface area (Å²) in [6.07, 6.45) is 3.93. The normalized spacial score (nSPS) is 16.8. The van der Waals surface area contributed by atoms with Gasteiger partial charge in [0.25, 0.3) is 0 Å². The van der Waals surface area contributed by atoms with E-state index in [2.05, 4.69) is 9.88 Å². The zero-order valence-electron chi connectivity index (χ0n) is 18.4. The smallest absolute Gasteiger partial charge is 0.307 e. The molecule has 0 amide bonds. The molecular weight excluding hydrogens is 395 g/mol. The molecule has 2 aliphatic rings. The Kier molecular flexibility index (Phi) is 6.10. The number of hydrogen-bond donors (Lipinski definition) is 0. The molecule has 0 spiro atoms. The molecule has 2 aromatic rings. The Hall–Kier alpha value is -2.73. The van der Waals surface area contributed by atoms with E-state index < -0.39 is 5.60 Å². The van der Waals surface area contributed by atoms with Crippen molar-refractivity contribution in [3.63, 3.8) is 0 Å². The lowest BCUT2D eigenvalue weighted by molar-refractivity contribution is -0.155. The summed E-state index contributed by atoms with van der Waals surface area (Å²) in [5.41, 5.74) is 4.74. The van der Waals surface area contributed by atoms with Crippen molar-refractivity contribution in [2.45, 2.75) is 52.2 Å². The minimum absolute atomic E-state index is 0.161. The lowest BCUT2D eigenvalue weighted by Gasteiger charge is -2.30. The highest BCUT2D eigenvalue weighted by atomic mass is 19.1. The van der Waals surface area contributed by atoms with Gasteiger partial charge in [0.1, 0.15) is 23.8 Å². The first-order valence-corrected chi connectivity index (χ1v) is 10.8. The second-order valence-electron chi connectivity index (χ2n) is 9.10. The van der Waals surface area contributed by atoms with Gasteiger partial charge in [-0.05, 0) is 51.8 Å². The molecule has 2 aliphatic heterocycles. The van der Waals surface area contributed by atoms with Crippen LogP contribution in [0.5, 0.6) is 5.75 Å². The number of esters is 1. The van der Waals surface area contributed by atoms with Gasteiger partial charge in [0.05, 0.1) is 12.1 Å². The highest BCUT2D eigenvalue weighted by Crippen LogP contribution is 2.40. The Bertz CT molecular complexity index is 1000. The molecule has 1 aromatic heterocycles. The molecule has 1 aromatic carbocycles. The van der Waals surface area contributed by atoms with Gasteiger partial charge in [-0.15, -0.1) is 0 Å². The van der Waals surface area contributed by atoms with Gasteiger partial charge in [-0.2, -0.15) is 0 Å². The maximum atomic E-state index is 13.9. The van der Waals surface area contributed by atoms with E-state index in [0.29, 0.717) is 25.3 Å². The number of carbonyl (C=O) groups excluding carboxylic acids is 1. The third kappa shape index (κ3) is 5.13. The van der Waals surface area contributed by atoms with Crippen LogP contribution in [0.4, 0.5) is 4.39 Å². The van der Waals surface area contributed by atoms with E-state index in [1.807, 2.05) is 32.9 Å². The number of rotatable bonds is 3. The van der Waals surface area contributed by atoms with E-state index in [9.17, 15) is 9.18 Å². The Labute approximate surface area is 182 Å². The molecular formula is C25H29FN2O3. The highest BCUT2D eigenvalue weighted by Gasteiger charge is 2.26. The average molecular weight is 425 g/mol. The summed E-state index contributed by atoms with van der Waals surface area (Å²) >= 11 is 0. The van der Waals surface area contributed by atoms with Gasteiger partial charge in [-0.3, -0.25) is 9.78 Å². The number of ether oxygens (including phenoxy) is 2. The molecule has 3 heterocycles. The van der Waals surface area contributed by atoms with Crippen LogP contribution in [-0.4, -0.2) is 41.1 Å². The van der Waals surface area contributed by atoms with Gasteiger partial charge in [-0.1, -0.05) is 11.6 Å². The number of likely N-dealkylation sites (tertiary alicyclic amines) is 1. The van der Waals surface area contributed by atoms with Gasteiger partial charge >= 0.3 is 5.97 Å². The number of halogens is 1. The summed E-state index contributed by atoms with van der Waals surface area (Å²) in [6.45, 7) is 8.45. The Morgan fingerprint density at radius 1 is 1.23 bits per heavy atom. The predicted octanol–water partition coefficient (Wildman–Crippen LogP) is 4.74. The Balaban J connectivity index is 1.54. The maximum absolute atomic E-state index is 13.9. The van der Waals surface area contributed by atoms with Crippen LogP contribution in [0.3, 0.4) is 0 Å². The molecule has 1 saturated heterocycles. The van der Waals surface area contributed by atoms with E-state index >= 15 is 0 Å². The van der Waals surface area contributed by atoms with Crippen LogP contribution in [0, 0.1) is 5.82 Å². The fraction of sp³-hybridized carbons (Fsp3) is 0.440. The summed E-state index contributed by atoms with van der Waals surface area (Å²) in [4.78, 5) is 19.0. The first-order valence-electron chi connectivity index (χ1n) is 10.8. The largest absolute Gasteiger partial charge is 0.488 e. The van der Waals surface area contributed by atoms with Gasteiger partial charge in [0, 0.05) is 48.6 Å². The minimum atomic E-state index is -0.453. The van der Waals surface area contributed by atoms with E-state index in [1.165, 1.54) is 17.7 Å². The summed E-state index contributed by atoms with van der Waals surface area (Å²) < 4.78 is 25.2. The topological polar surface area (TPSA) is 51.7 Å². The molecule has 0 saturated carbocycles. The molecule has 31 heavy (non-hydrogen) atoms. The minimum Gasteiger partial charge on any atom is -0.488 e. The molecule has 6 heteroatoms. The monoisotopic (exact) mass is 424 g/mol. The first kappa shape index (κ1) is 21.5. The summed E-state index contributed by atoms with van der Waals surface area (Å²) in [5.74, 6) is 0.0958. The molecule has 164 valence electrons. The van der Waals surface area contributed by atoms with E-state index in [0.717, 1.165) is 48.3 Å². The third-order valence-corrected chi connectivity index (χ3v) is 5.59. The number of aromatic nitrogens is 1. The number of hydrogen-bond acceptors (Lipinski definition) is 5. The molecule has 5 nitrogen and oxygen atoms in total. The van der Waals surface area contributed by atoms with Crippen LogP contribution in [-0.2, 0) is 16.1 Å². The number of fused-ring (bicyclic) bond motifs is 2. The zero-order valence-corrected chi connectivity index (χ0v) is 18.4. The fourth-order valence-electron chi connectivity index (χ4n) is 4.18. The van der Waals surface area contributed by atoms with Gasteiger partial charge in [-0.25, -0.2) is 4.39 Å². The number of nitrogens with zero attached hydrogens (tertiary/aromatic N) is 2. The number of pyridine rings is 1. The van der Waals surface area contributed by atoms with Crippen LogP contribution < -0.4 is 4.74 Å². The first-order chi connectivity index (χ1) is 14.8. The van der Waals surface area contributed by atoms with E-state index in [-0.39, 0.29) is 11.8 Å². The van der Waals surface area contributed by atoms with Crippen LogP contribution >= 0.6 is 0 Å². The molecule has 0 unspecified atom stereocenters. The molecule has 4 rings (SSSR count). The SMILES string of the molecule is CC(C)(C)OC(=O)CCN1CCC(=C2c3ccc(F)cc3OCc3cccnc32)CC1. The molecule has 0 bridgehead atoms. The number of benzene rings is 1. The Morgan fingerprint density at radius 2 is 2.00 bits per heavy atom. The second-order valence-corrected chi connectivity index (χ2v) is 9.10. The molecule has 0 N–H and O–H groups in total. The summed E-state index contributed by atoms with van der Waals surface area (Å²) in [6, 6.07) is 8.65. The van der Waals surface area contributed by atoms with Crippen molar-refractivity contribution in [2.24, 2.45) is 0 Å². The van der Waals surface area contributed by atoms with E-state index in [1.54, 1.807) is 12.3 Å². The summed E-state index contributed by atoms with van der Waals surface area (Å²) in [5, 5.41) is 0. The van der Waals surface area contributed by atoms with E-state index in [4.69, 9.17) is 9.47 Å². The molecule has 0 aliphatic carbocycles. The lowest BCUT2D eigenvalue weighted by atomic mass is 9.89. The van der Waals surface area contributed by atoms with Crippen molar-refractivity contribution >= 4 is 11.5 Å². The van der Waals surface area contributed by atoms with Crippen molar-refractivity contribution < 1.29 is 18.7 Å². The number of piperidine rings is 1. The quantitative estimate of drug-likeness (QED) is 0.666. The predicted molar refractivity (Wildman–Crippen MR) is 117 cm³/mol. The molecule has 0 atom stereocenters. The van der Waals surface area contributed by atoms with Crippen molar-refractivity contribution in [3.8, 4) is 5.75 Å². The second kappa shape index (κ2) is 8.79. The number of carbonyl (C=O) groups is 1. The lowest BCUT2D eigenvalue weighted by Crippen LogP contribution is -2.34. The van der Waals surface area contributed by atoms with Gasteiger partial charge < -0.3 is 14.4 Å². The van der Waals surface area contributed by atoms with Gasteiger partial charge in [0.15, 0.2) is 0 Å². The van der Waals surface area contributed by atoms with Crippen molar-refractivity contribution in [1.82, 2.24) is 9.88 Å². The van der Waals surface area contributed by atoms with Crippen molar-refractivity contribution in [2.75, 3.05) is 19.6 Å².